The molecular formula is C23H31NO3. The third kappa shape index (κ3) is 6.40. The van der Waals surface area contributed by atoms with E-state index >= 15 is 0 Å². The predicted molar refractivity (Wildman–Crippen MR) is 109 cm³/mol. The molecule has 0 saturated carbocycles. The lowest BCUT2D eigenvalue weighted by molar-refractivity contribution is -0.144. The highest BCUT2D eigenvalue weighted by Crippen LogP contribution is 2.27. The molecule has 0 saturated heterocycles. The number of ether oxygens (including phenoxy) is 2. The van der Waals surface area contributed by atoms with Gasteiger partial charge in [0, 0.05) is 6.54 Å². The lowest BCUT2D eigenvalue weighted by atomic mass is 9.91. The molecule has 0 aliphatic carbocycles. The number of carbonyl (C=O) groups excluding carboxylic acids is 1. The molecule has 2 rings (SSSR count). The highest BCUT2D eigenvalue weighted by atomic mass is 16.5. The summed E-state index contributed by atoms with van der Waals surface area (Å²) >= 11 is 0. The van der Waals surface area contributed by atoms with E-state index in [1.54, 1.807) is 0 Å². The van der Waals surface area contributed by atoms with Crippen LogP contribution in [0.15, 0.2) is 54.6 Å². The molecule has 0 bridgehead atoms. The second-order valence-corrected chi connectivity index (χ2v) is 6.46. The number of hydrogen-bond acceptors (Lipinski definition) is 4. The van der Waals surface area contributed by atoms with Gasteiger partial charge in [0.25, 0.3) is 0 Å². The maximum atomic E-state index is 12.9. The van der Waals surface area contributed by atoms with E-state index in [2.05, 4.69) is 25.7 Å². The van der Waals surface area contributed by atoms with Crippen LogP contribution in [0, 0.1) is 0 Å². The fourth-order valence-electron chi connectivity index (χ4n) is 2.99. The van der Waals surface area contributed by atoms with Crippen LogP contribution in [0.1, 0.15) is 44.2 Å². The van der Waals surface area contributed by atoms with Gasteiger partial charge in [0.05, 0.1) is 6.61 Å². The molecule has 0 aliphatic rings. The SMILES string of the molecule is CCCOc1ccc([C@H](C(=O)OCCN(CC)CC)c2ccccc2)cc1. The fraction of sp³-hybridized carbons (Fsp3) is 0.435. The molecule has 0 aromatic heterocycles. The Kier molecular flexibility index (Phi) is 8.85. The van der Waals surface area contributed by atoms with Crippen LogP contribution in [-0.2, 0) is 9.53 Å². The zero-order chi connectivity index (χ0) is 19.5. The predicted octanol–water partition coefficient (Wildman–Crippen LogP) is 4.49. The summed E-state index contributed by atoms with van der Waals surface area (Å²) in [5.74, 6) is 0.182. The molecule has 0 radical (unpaired) electrons. The number of hydrogen-bond donors (Lipinski definition) is 0. The summed E-state index contributed by atoms with van der Waals surface area (Å²) in [4.78, 5) is 15.1. The van der Waals surface area contributed by atoms with Gasteiger partial charge in [0.1, 0.15) is 18.3 Å². The molecule has 2 aromatic carbocycles. The van der Waals surface area contributed by atoms with Gasteiger partial charge in [-0.05, 0) is 42.8 Å². The minimum Gasteiger partial charge on any atom is -0.494 e. The number of rotatable bonds is 11. The number of benzene rings is 2. The quantitative estimate of drug-likeness (QED) is 0.547. The molecule has 0 N–H and O–H groups in total. The summed E-state index contributed by atoms with van der Waals surface area (Å²) in [7, 11) is 0. The Morgan fingerprint density at radius 2 is 1.52 bits per heavy atom. The summed E-state index contributed by atoms with van der Waals surface area (Å²) in [5.41, 5.74) is 1.85. The largest absolute Gasteiger partial charge is 0.494 e. The summed E-state index contributed by atoms with van der Waals surface area (Å²) in [6.07, 6.45) is 0.966. The molecule has 4 heteroatoms. The fourth-order valence-corrected chi connectivity index (χ4v) is 2.99. The average molecular weight is 370 g/mol. The second-order valence-electron chi connectivity index (χ2n) is 6.46. The van der Waals surface area contributed by atoms with Crippen molar-refractivity contribution in [3.05, 3.63) is 65.7 Å². The lowest BCUT2D eigenvalue weighted by Gasteiger charge is -2.20. The number of esters is 1. The van der Waals surface area contributed by atoms with Crippen molar-refractivity contribution in [2.45, 2.75) is 33.1 Å². The van der Waals surface area contributed by atoms with E-state index in [0.717, 1.165) is 42.9 Å². The summed E-state index contributed by atoms with van der Waals surface area (Å²) in [6.45, 7) is 10.1. The first-order valence-electron chi connectivity index (χ1n) is 9.86. The van der Waals surface area contributed by atoms with Gasteiger partial charge in [0.2, 0.25) is 0 Å². The van der Waals surface area contributed by atoms with E-state index in [1.807, 2.05) is 54.6 Å². The first-order chi connectivity index (χ1) is 13.2. The van der Waals surface area contributed by atoms with Crippen molar-refractivity contribution in [1.82, 2.24) is 4.90 Å². The molecule has 0 unspecified atom stereocenters. The van der Waals surface area contributed by atoms with E-state index in [9.17, 15) is 4.79 Å². The van der Waals surface area contributed by atoms with Gasteiger partial charge in [-0.1, -0.05) is 63.2 Å². The Bertz CT molecular complexity index is 666. The molecule has 1 atom stereocenters. The normalized spacial score (nSPS) is 12.0. The summed E-state index contributed by atoms with van der Waals surface area (Å²) in [5, 5.41) is 0. The minimum absolute atomic E-state index is 0.212. The summed E-state index contributed by atoms with van der Waals surface area (Å²) in [6, 6.07) is 17.5. The maximum absolute atomic E-state index is 12.9. The third-order valence-corrected chi connectivity index (χ3v) is 4.60. The third-order valence-electron chi connectivity index (χ3n) is 4.60. The van der Waals surface area contributed by atoms with Crippen LogP contribution >= 0.6 is 0 Å². The van der Waals surface area contributed by atoms with Crippen molar-refractivity contribution in [2.75, 3.05) is 32.8 Å². The van der Waals surface area contributed by atoms with Crippen LogP contribution < -0.4 is 4.74 Å². The molecule has 0 amide bonds. The second kappa shape index (κ2) is 11.4. The van der Waals surface area contributed by atoms with Gasteiger partial charge in [0.15, 0.2) is 0 Å². The lowest BCUT2D eigenvalue weighted by Crippen LogP contribution is -2.29. The molecule has 0 heterocycles. The minimum atomic E-state index is -0.428. The van der Waals surface area contributed by atoms with Gasteiger partial charge < -0.3 is 14.4 Å². The first-order valence-corrected chi connectivity index (χ1v) is 9.86. The van der Waals surface area contributed by atoms with Crippen LogP contribution in [0.3, 0.4) is 0 Å². The van der Waals surface area contributed by atoms with Crippen molar-refractivity contribution in [3.8, 4) is 5.75 Å². The van der Waals surface area contributed by atoms with Crippen molar-refractivity contribution in [2.24, 2.45) is 0 Å². The van der Waals surface area contributed by atoms with Crippen LogP contribution in [-0.4, -0.2) is 43.7 Å². The molecule has 0 spiro atoms. The Labute approximate surface area is 163 Å². The summed E-state index contributed by atoms with van der Waals surface area (Å²) < 4.78 is 11.3. The zero-order valence-electron chi connectivity index (χ0n) is 16.7. The van der Waals surface area contributed by atoms with Gasteiger partial charge in [-0.25, -0.2) is 0 Å². The highest BCUT2D eigenvalue weighted by Gasteiger charge is 2.24. The van der Waals surface area contributed by atoms with E-state index in [1.165, 1.54) is 0 Å². The molecular weight excluding hydrogens is 338 g/mol. The standard InChI is InChI=1S/C23H31NO3/c1-4-17-26-21-14-12-20(13-15-21)22(19-10-8-7-9-11-19)23(25)27-18-16-24(5-2)6-3/h7-15,22H,4-6,16-18H2,1-3H3/t22-/m1/s1. The Hall–Kier alpha value is -2.33. The van der Waals surface area contributed by atoms with Crippen molar-refractivity contribution in [1.29, 1.82) is 0 Å². The number of likely N-dealkylation sites (N-methyl/N-ethyl adjacent to an activating group) is 1. The van der Waals surface area contributed by atoms with E-state index in [0.29, 0.717) is 13.2 Å². The highest BCUT2D eigenvalue weighted by molar-refractivity contribution is 5.82. The van der Waals surface area contributed by atoms with Crippen molar-refractivity contribution in [3.63, 3.8) is 0 Å². The smallest absolute Gasteiger partial charge is 0.317 e. The van der Waals surface area contributed by atoms with Crippen LogP contribution in [0.25, 0.3) is 0 Å². The van der Waals surface area contributed by atoms with Crippen LogP contribution in [0.2, 0.25) is 0 Å². The molecule has 0 aliphatic heterocycles. The van der Waals surface area contributed by atoms with Gasteiger partial charge in [-0.2, -0.15) is 0 Å². The molecule has 27 heavy (non-hydrogen) atoms. The van der Waals surface area contributed by atoms with Crippen molar-refractivity contribution < 1.29 is 14.3 Å². The Morgan fingerprint density at radius 3 is 2.11 bits per heavy atom. The zero-order valence-corrected chi connectivity index (χ0v) is 16.7. The van der Waals surface area contributed by atoms with Crippen LogP contribution in [0.5, 0.6) is 5.75 Å². The van der Waals surface area contributed by atoms with Gasteiger partial charge >= 0.3 is 5.97 Å². The molecule has 2 aromatic rings. The molecule has 146 valence electrons. The first kappa shape index (κ1) is 21.0. The van der Waals surface area contributed by atoms with E-state index < -0.39 is 5.92 Å². The van der Waals surface area contributed by atoms with Gasteiger partial charge in [-0.15, -0.1) is 0 Å². The maximum Gasteiger partial charge on any atom is 0.317 e. The molecule has 0 fully saturated rings. The van der Waals surface area contributed by atoms with Crippen molar-refractivity contribution >= 4 is 5.97 Å². The van der Waals surface area contributed by atoms with Gasteiger partial charge in [-0.3, -0.25) is 4.79 Å². The monoisotopic (exact) mass is 369 g/mol. The topological polar surface area (TPSA) is 38.8 Å². The average Bonchev–Trinajstić information content (AvgIpc) is 2.71. The number of nitrogens with zero attached hydrogens (tertiary/aromatic N) is 1. The Balaban J connectivity index is 2.13. The molecule has 4 nitrogen and oxygen atoms in total. The van der Waals surface area contributed by atoms with Crippen LogP contribution in [0.4, 0.5) is 0 Å². The van der Waals surface area contributed by atoms with E-state index in [4.69, 9.17) is 9.47 Å². The Morgan fingerprint density at radius 1 is 0.889 bits per heavy atom. The number of carbonyl (C=O) groups is 1. The van der Waals surface area contributed by atoms with E-state index in [-0.39, 0.29) is 5.97 Å².